The number of esters is 3. The standard InChI is InChI=1S/C70H128O6/c1-4-7-10-13-16-19-22-24-26-27-28-29-30-31-32-33-34-35-36-37-38-39-40-41-42-43-45-46-48-51-54-57-60-63-69(72)75-66-67(65-74-68(71)62-59-56-53-50-21-18-15-12-9-6-3)76-70(73)64-61-58-55-52-49-47-44-25-23-20-17-14-11-8-5-2/h8,11-12,15,17,20,25,44,67H,4-7,9-10,13-14,16,18-19,21-24,26-43,45-66H2,1-3H3/b11-8-,15-12-,20-17-,44-25-. The van der Waals surface area contributed by atoms with E-state index in [4.69, 9.17) is 14.2 Å². The van der Waals surface area contributed by atoms with Crippen LogP contribution in [-0.2, 0) is 28.6 Å². The van der Waals surface area contributed by atoms with Gasteiger partial charge in [-0.1, -0.05) is 320 Å². The molecule has 6 heteroatoms. The average molecular weight is 1070 g/mol. The second kappa shape index (κ2) is 64.9. The van der Waals surface area contributed by atoms with Gasteiger partial charge in [0.05, 0.1) is 0 Å². The van der Waals surface area contributed by atoms with E-state index < -0.39 is 6.10 Å². The van der Waals surface area contributed by atoms with Gasteiger partial charge in [0.2, 0.25) is 0 Å². The van der Waals surface area contributed by atoms with Crippen LogP contribution in [0.4, 0.5) is 0 Å². The monoisotopic (exact) mass is 1060 g/mol. The maximum Gasteiger partial charge on any atom is 0.306 e. The first-order valence-electron chi connectivity index (χ1n) is 33.6. The Balaban J connectivity index is 4.02. The van der Waals surface area contributed by atoms with Crippen molar-refractivity contribution in [2.75, 3.05) is 13.2 Å². The summed E-state index contributed by atoms with van der Waals surface area (Å²) < 4.78 is 16.9. The van der Waals surface area contributed by atoms with Crippen molar-refractivity contribution in [3.63, 3.8) is 0 Å². The molecule has 6 nitrogen and oxygen atoms in total. The molecule has 1 unspecified atom stereocenters. The molecule has 0 amide bonds. The van der Waals surface area contributed by atoms with E-state index in [1.54, 1.807) is 0 Å². The molecular weight excluding hydrogens is 937 g/mol. The first-order valence-corrected chi connectivity index (χ1v) is 33.6. The summed E-state index contributed by atoms with van der Waals surface area (Å²) in [4.78, 5) is 38.2. The normalized spacial score (nSPS) is 12.3. The molecule has 0 aliphatic rings. The average Bonchev–Trinajstić information content (AvgIpc) is 3.42. The van der Waals surface area contributed by atoms with Gasteiger partial charge in [-0.25, -0.2) is 0 Å². The minimum Gasteiger partial charge on any atom is -0.462 e. The lowest BCUT2D eigenvalue weighted by molar-refractivity contribution is -0.167. The zero-order valence-corrected chi connectivity index (χ0v) is 51.0. The molecule has 0 aliphatic carbocycles. The Morgan fingerprint density at radius 3 is 0.868 bits per heavy atom. The molecule has 0 aromatic heterocycles. The maximum absolute atomic E-state index is 12.8. The first kappa shape index (κ1) is 73.4. The fourth-order valence-electron chi connectivity index (χ4n) is 10.1. The van der Waals surface area contributed by atoms with Crippen molar-refractivity contribution >= 4 is 17.9 Å². The predicted molar refractivity (Wildman–Crippen MR) is 330 cm³/mol. The summed E-state index contributed by atoms with van der Waals surface area (Å²) in [6, 6.07) is 0. The van der Waals surface area contributed by atoms with Crippen molar-refractivity contribution in [3.05, 3.63) is 48.6 Å². The van der Waals surface area contributed by atoms with E-state index in [2.05, 4.69) is 69.4 Å². The van der Waals surface area contributed by atoms with Gasteiger partial charge in [-0.2, -0.15) is 0 Å². The zero-order valence-electron chi connectivity index (χ0n) is 51.0. The number of carbonyl (C=O) groups is 3. The molecule has 0 aliphatic heterocycles. The molecule has 0 heterocycles. The first-order chi connectivity index (χ1) is 37.5. The predicted octanol–water partition coefficient (Wildman–Crippen LogP) is 22.9. The molecule has 0 saturated carbocycles. The van der Waals surface area contributed by atoms with Gasteiger partial charge in [0.15, 0.2) is 6.10 Å². The molecule has 0 N–H and O–H groups in total. The van der Waals surface area contributed by atoms with Gasteiger partial charge in [0.25, 0.3) is 0 Å². The topological polar surface area (TPSA) is 78.9 Å². The maximum atomic E-state index is 12.8. The van der Waals surface area contributed by atoms with Crippen LogP contribution in [0.25, 0.3) is 0 Å². The van der Waals surface area contributed by atoms with E-state index in [-0.39, 0.29) is 31.1 Å². The fraction of sp³-hybridized carbons (Fsp3) is 0.843. The molecule has 0 aromatic rings. The van der Waals surface area contributed by atoms with E-state index in [0.717, 1.165) is 109 Å². The number of hydrogen-bond donors (Lipinski definition) is 0. The Hall–Kier alpha value is -2.63. The summed E-state index contributed by atoms with van der Waals surface area (Å²) in [5.74, 6) is -0.892. The van der Waals surface area contributed by atoms with Crippen LogP contribution in [0, 0.1) is 0 Å². The van der Waals surface area contributed by atoms with Crippen LogP contribution in [0.15, 0.2) is 48.6 Å². The van der Waals surface area contributed by atoms with Crippen molar-refractivity contribution in [2.24, 2.45) is 0 Å². The second-order valence-corrected chi connectivity index (χ2v) is 22.7. The molecule has 0 rings (SSSR count). The van der Waals surface area contributed by atoms with Crippen molar-refractivity contribution in [1.29, 1.82) is 0 Å². The Morgan fingerprint density at radius 1 is 0.276 bits per heavy atom. The second-order valence-electron chi connectivity index (χ2n) is 22.7. The summed E-state index contributed by atoms with van der Waals surface area (Å²) >= 11 is 0. The Kier molecular flexibility index (Phi) is 62.6. The van der Waals surface area contributed by atoms with E-state index in [9.17, 15) is 14.4 Å². The number of rotatable bonds is 62. The van der Waals surface area contributed by atoms with Crippen LogP contribution in [0.1, 0.15) is 361 Å². The number of unbranched alkanes of at least 4 members (excludes halogenated alkanes) is 43. The Labute approximate surface area is 473 Å². The highest BCUT2D eigenvalue weighted by molar-refractivity contribution is 5.71. The van der Waals surface area contributed by atoms with Gasteiger partial charge in [0, 0.05) is 19.3 Å². The van der Waals surface area contributed by atoms with Crippen LogP contribution in [0.5, 0.6) is 0 Å². The minimum absolute atomic E-state index is 0.0799. The molecule has 0 radical (unpaired) electrons. The quantitative estimate of drug-likeness (QED) is 0.0261. The van der Waals surface area contributed by atoms with Crippen LogP contribution >= 0.6 is 0 Å². The van der Waals surface area contributed by atoms with Gasteiger partial charge < -0.3 is 14.2 Å². The minimum atomic E-state index is -0.784. The van der Waals surface area contributed by atoms with Crippen molar-refractivity contribution in [1.82, 2.24) is 0 Å². The third kappa shape index (κ3) is 62.2. The molecule has 1 atom stereocenters. The highest BCUT2D eigenvalue weighted by Gasteiger charge is 2.19. The molecule has 0 fully saturated rings. The number of ether oxygens (including phenoxy) is 3. The summed E-state index contributed by atoms with van der Waals surface area (Å²) in [7, 11) is 0. The lowest BCUT2D eigenvalue weighted by atomic mass is 10.0. The highest BCUT2D eigenvalue weighted by Crippen LogP contribution is 2.18. The Morgan fingerprint density at radius 2 is 0.539 bits per heavy atom. The molecular formula is C70H128O6. The van der Waals surface area contributed by atoms with Gasteiger partial charge in [0.1, 0.15) is 13.2 Å². The Bertz CT molecular complexity index is 1310. The number of allylic oxidation sites excluding steroid dienone is 8. The van der Waals surface area contributed by atoms with Crippen molar-refractivity contribution < 1.29 is 28.6 Å². The van der Waals surface area contributed by atoms with Crippen molar-refractivity contribution in [3.8, 4) is 0 Å². The van der Waals surface area contributed by atoms with Gasteiger partial charge in [-0.3, -0.25) is 14.4 Å². The molecule has 0 spiro atoms. The highest BCUT2D eigenvalue weighted by atomic mass is 16.6. The molecule has 0 bridgehead atoms. The largest absolute Gasteiger partial charge is 0.462 e. The lowest BCUT2D eigenvalue weighted by Gasteiger charge is -2.18. The fourth-order valence-corrected chi connectivity index (χ4v) is 10.1. The molecule has 76 heavy (non-hydrogen) atoms. The van der Waals surface area contributed by atoms with Crippen LogP contribution in [0.3, 0.4) is 0 Å². The number of carbonyl (C=O) groups excluding carboxylic acids is 3. The van der Waals surface area contributed by atoms with E-state index in [1.165, 1.54) is 212 Å². The summed E-state index contributed by atoms with van der Waals surface area (Å²) in [6.45, 7) is 6.49. The summed E-state index contributed by atoms with van der Waals surface area (Å²) in [5, 5.41) is 0. The molecule has 0 aromatic carbocycles. The van der Waals surface area contributed by atoms with Crippen LogP contribution < -0.4 is 0 Å². The van der Waals surface area contributed by atoms with Crippen molar-refractivity contribution in [2.45, 2.75) is 367 Å². The number of hydrogen-bond acceptors (Lipinski definition) is 6. The van der Waals surface area contributed by atoms with Crippen LogP contribution in [0.2, 0.25) is 0 Å². The SMILES string of the molecule is CC/C=C\C/C=C\C/C=C\CCCCCCCC(=O)OC(COC(=O)CCCCCCC/C=C\CCC)COC(=O)CCCCCCCCCCCCCCCCCCCCCCCCCCCCCCCCCCC. The van der Waals surface area contributed by atoms with Crippen LogP contribution in [-0.4, -0.2) is 37.2 Å². The summed E-state index contributed by atoms with van der Waals surface area (Å²) in [6.07, 6.45) is 81.7. The van der Waals surface area contributed by atoms with E-state index in [0.29, 0.717) is 19.3 Å². The molecule has 0 saturated heterocycles. The van der Waals surface area contributed by atoms with Gasteiger partial charge >= 0.3 is 17.9 Å². The zero-order chi connectivity index (χ0) is 55.0. The lowest BCUT2D eigenvalue weighted by Crippen LogP contribution is -2.30. The third-order valence-electron chi connectivity index (χ3n) is 15.0. The third-order valence-corrected chi connectivity index (χ3v) is 15.0. The smallest absolute Gasteiger partial charge is 0.306 e. The van der Waals surface area contributed by atoms with Gasteiger partial charge in [-0.15, -0.1) is 0 Å². The van der Waals surface area contributed by atoms with E-state index in [1.807, 2.05) is 0 Å². The summed E-state index contributed by atoms with van der Waals surface area (Å²) in [5.41, 5.74) is 0. The molecule has 444 valence electrons. The van der Waals surface area contributed by atoms with E-state index >= 15 is 0 Å². The van der Waals surface area contributed by atoms with Gasteiger partial charge in [-0.05, 0) is 70.6 Å².